The van der Waals surface area contributed by atoms with E-state index in [1.54, 1.807) is 4.90 Å². The van der Waals surface area contributed by atoms with Gasteiger partial charge in [0.1, 0.15) is 11.1 Å². The van der Waals surface area contributed by atoms with Gasteiger partial charge in [-0.2, -0.15) is 0 Å². The third-order valence-electron chi connectivity index (χ3n) is 5.27. The lowest BCUT2D eigenvalue weighted by Gasteiger charge is -2.61. The predicted octanol–water partition coefficient (Wildman–Crippen LogP) is 2.34. The number of aromatic nitrogens is 1. The van der Waals surface area contributed by atoms with Crippen molar-refractivity contribution in [2.75, 3.05) is 6.54 Å². The average molecular weight is 334 g/mol. The van der Waals surface area contributed by atoms with E-state index >= 15 is 0 Å². The van der Waals surface area contributed by atoms with Gasteiger partial charge >= 0.3 is 0 Å². The van der Waals surface area contributed by atoms with Gasteiger partial charge in [-0.3, -0.25) is 4.79 Å². The fraction of sp³-hybridized carbons (Fsp3) is 0.529. The fourth-order valence-electron chi connectivity index (χ4n) is 2.86. The van der Waals surface area contributed by atoms with Gasteiger partial charge in [0.15, 0.2) is 6.10 Å². The van der Waals surface area contributed by atoms with E-state index in [0.29, 0.717) is 11.6 Å². The Labute approximate surface area is 139 Å². The summed E-state index contributed by atoms with van der Waals surface area (Å²) < 4.78 is 0.923. The summed E-state index contributed by atoms with van der Waals surface area (Å²) in [4.78, 5) is 18.5. The Morgan fingerprint density at radius 2 is 1.91 bits per heavy atom. The van der Waals surface area contributed by atoms with Crippen LogP contribution >= 0.6 is 11.3 Å². The van der Waals surface area contributed by atoms with Crippen molar-refractivity contribution in [1.82, 2.24) is 9.88 Å². The minimum atomic E-state index is -1.49. The maximum Gasteiger partial charge on any atom is 0.255 e. The van der Waals surface area contributed by atoms with Crippen LogP contribution in [-0.2, 0) is 4.79 Å². The summed E-state index contributed by atoms with van der Waals surface area (Å²) >= 11 is 1.30. The maximum absolute atomic E-state index is 12.6. The minimum Gasteiger partial charge on any atom is -0.383 e. The van der Waals surface area contributed by atoms with E-state index in [4.69, 9.17) is 0 Å². The standard InChI is InChI=1S/C17H22N2O3S/c1-16(2)9-19(17(16,3)4)15(22)13(21)12(20)14-18-10-7-5-6-8-11(10)23-14/h5-8,12-13,20-21H,9H2,1-4H3/t12-,13-/m1/s1. The number of aliphatic hydroxyl groups excluding tert-OH is 2. The molecule has 3 rings (SSSR count). The molecule has 0 bridgehead atoms. The van der Waals surface area contributed by atoms with Crippen molar-refractivity contribution >= 4 is 27.5 Å². The molecule has 23 heavy (non-hydrogen) atoms. The van der Waals surface area contributed by atoms with Crippen molar-refractivity contribution in [2.24, 2.45) is 5.41 Å². The number of carbonyl (C=O) groups is 1. The highest BCUT2D eigenvalue weighted by Crippen LogP contribution is 2.47. The molecule has 6 heteroatoms. The first kappa shape index (κ1) is 16.4. The van der Waals surface area contributed by atoms with Crippen LogP contribution in [-0.4, -0.2) is 44.2 Å². The van der Waals surface area contributed by atoms with Crippen LogP contribution in [0.1, 0.15) is 38.8 Å². The number of benzene rings is 1. The molecule has 124 valence electrons. The highest BCUT2D eigenvalue weighted by molar-refractivity contribution is 7.18. The SMILES string of the molecule is CC1(C)CN(C(=O)[C@H](O)[C@@H](O)c2nc3ccccc3s2)C1(C)C. The molecular formula is C17H22N2O3S. The molecule has 0 spiro atoms. The quantitative estimate of drug-likeness (QED) is 0.903. The number of fused-ring (bicyclic) bond motifs is 1. The highest BCUT2D eigenvalue weighted by Gasteiger charge is 2.56. The van der Waals surface area contributed by atoms with Crippen LogP contribution in [0.5, 0.6) is 0 Å². The molecule has 1 saturated heterocycles. The third-order valence-corrected chi connectivity index (χ3v) is 6.37. The number of carbonyl (C=O) groups excluding carboxylic acids is 1. The van der Waals surface area contributed by atoms with Crippen molar-refractivity contribution in [3.63, 3.8) is 0 Å². The number of hydrogen-bond donors (Lipinski definition) is 2. The van der Waals surface area contributed by atoms with Gasteiger partial charge in [-0.15, -0.1) is 11.3 Å². The predicted molar refractivity (Wildman–Crippen MR) is 90.2 cm³/mol. The number of thiazole rings is 1. The minimum absolute atomic E-state index is 0.0107. The van der Waals surface area contributed by atoms with Gasteiger partial charge in [0.25, 0.3) is 5.91 Å². The summed E-state index contributed by atoms with van der Waals surface area (Å²) in [5.74, 6) is -0.443. The molecule has 2 atom stereocenters. The van der Waals surface area contributed by atoms with Gasteiger partial charge in [-0.25, -0.2) is 4.98 Å². The highest BCUT2D eigenvalue weighted by atomic mass is 32.1. The molecular weight excluding hydrogens is 312 g/mol. The Morgan fingerprint density at radius 3 is 2.48 bits per heavy atom. The Hall–Kier alpha value is -1.50. The van der Waals surface area contributed by atoms with Crippen LogP contribution in [0, 0.1) is 5.41 Å². The van der Waals surface area contributed by atoms with Crippen LogP contribution in [0.2, 0.25) is 0 Å². The molecule has 1 aromatic carbocycles. The van der Waals surface area contributed by atoms with E-state index in [1.165, 1.54) is 11.3 Å². The second-order valence-electron chi connectivity index (χ2n) is 7.28. The van der Waals surface area contributed by atoms with E-state index in [-0.39, 0.29) is 11.0 Å². The first-order chi connectivity index (χ1) is 10.6. The van der Waals surface area contributed by atoms with E-state index in [0.717, 1.165) is 10.2 Å². The normalized spacial score (nSPS) is 21.7. The van der Waals surface area contributed by atoms with Crippen molar-refractivity contribution in [1.29, 1.82) is 0 Å². The summed E-state index contributed by atoms with van der Waals surface area (Å²) in [7, 11) is 0. The van der Waals surface area contributed by atoms with Crippen LogP contribution in [0.25, 0.3) is 10.2 Å². The molecule has 1 aliphatic heterocycles. The van der Waals surface area contributed by atoms with Crippen LogP contribution < -0.4 is 0 Å². The molecule has 2 heterocycles. The van der Waals surface area contributed by atoms with Gasteiger partial charge in [-0.1, -0.05) is 26.0 Å². The van der Waals surface area contributed by atoms with Crippen LogP contribution in [0.3, 0.4) is 0 Å². The number of likely N-dealkylation sites (tertiary alicyclic amines) is 1. The van der Waals surface area contributed by atoms with Gasteiger partial charge in [0.2, 0.25) is 0 Å². The van der Waals surface area contributed by atoms with Gasteiger partial charge < -0.3 is 15.1 Å². The Balaban J connectivity index is 1.80. The van der Waals surface area contributed by atoms with Crippen molar-refractivity contribution in [3.05, 3.63) is 29.3 Å². The third kappa shape index (κ3) is 2.45. The zero-order valence-corrected chi connectivity index (χ0v) is 14.6. The lowest BCUT2D eigenvalue weighted by atomic mass is 9.65. The van der Waals surface area contributed by atoms with E-state index in [2.05, 4.69) is 18.8 Å². The van der Waals surface area contributed by atoms with Crippen molar-refractivity contribution in [3.8, 4) is 0 Å². The van der Waals surface area contributed by atoms with Crippen LogP contribution in [0.4, 0.5) is 0 Å². The summed E-state index contributed by atoms with van der Waals surface area (Å²) in [6.07, 6.45) is -2.80. The molecule has 1 amide bonds. The van der Waals surface area contributed by atoms with E-state index in [9.17, 15) is 15.0 Å². The van der Waals surface area contributed by atoms with Gasteiger partial charge in [0, 0.05) is 17.5 Å². The zero-order chi connectivity index (χ0) is 17.0. The summed E-state index contributed by atoms with van der Waals surface area (Å²) in [6, 6.07) is 7.50. The lowest BCUT2D eigenvalue weighted by Crippen LogP contribution is -2.72. The summed E-state index contributed by atoms with van der Waals surface area (Å²) in [5.41, 5.74) is 0.401. The molecule has 2 N–H and O–H groups in total. The Morgan fingerprint density at radius 1 is 1.26 bits per heavy atom. The topological polar surface area (TPSA) is 73.7 Å². The number of para-hydroxylation sites is 1. The number of hydrogen-bond acceptors (Lipinski definition) is 5. The summed E-state index contributed by atoms with van der Waals surface area (Å²) in [5, 5.41) is 21.1. The molecule has 0 aliphatic carbocycles. The molecule has 1 aromatic heterocycles. The largest absolute Gasteiger partial charge is 0.383 e. The van der Waals surface area contributed by atoms with Crippen molar-refractivity contribution < 1.29 is 15.0 Å². The molecule has 5 nitrogen and oxygen atoms in total. The monoisotopic (exact) mass is 334 g/mol. The maximum atomic E-state index is 12.6. The lowest BCUT2D eigenvalue weighted by molar-refractivity contribution is -0.181. The smallest absolute Gasteiger partial charge is 0.255 e. The molecule has 2 aromatic rings. The Bertz CT molecular complexity index is 720. The van der Waals surface area contributed by atoms with E-state index < -0.39 is 18.1 Å². The molecule has 1 aliphatic rings. The van der Waals surface area contributed by atoms with E-state index in [1.807, 2.05) is 38.1 Å². The average Bonchev–Trinajstić information content (AvgIpc) is 2.94. The fourth-order valence-corrected chi connectivity index (χ4v) is 3.84. The number of aliphatic hydroxyl groups is 2. The molecule has 0 unspecified atom stereocenters. The summed E-state index contributed by atoms with van der Waals surface area (Å²) in [6.45, 7) is 8.71. The molecule has 0 saturated carbocycles. The molecule has 0 radical (unpaired) electrons. The number of amides is 1. The van der Waals surface area contributed by atoms with Gasteiger partial charge in [-0.05, 0) is 26.0 Å². The second kappa shape index (κ2) is 5.26. The second-order valence-corrected chi connectivity index (χ2v) is 8.34. The first-order valence-corrected chi connectivity index (χ1v) is 8.50. The van der Waals surface area contributed by atoms with Crippen molar-refractivity contribution in [2.45, 2.75) is 45.4 Å². The van der Waals surface area contributed by atoms with Gasteiger partial charge in [0.05, 0.1) is 10.2 Å². The first-order valence-electron chi connectivity index (χ1n) is 7.68. The number of rotatable bonds is 3. The number of nitrogens with zero attached hydrogens (tertiary/aromatic N) is 2. The Kier molecular flexibility index (Phi) is 3.74. The zero-order valence-electron chi connectivity index (χ0n) is 13.8. The molecule has 1 fully saturated rings. The van der Waals surface area contributed by atoms with Crippen LogP contribution in [0.15, 0.2) is 24.3 Å².